The summed E-state index contributed by atoms with van der Waals surface area (Å²) < 4.78 is 11.1. The second-order valence-corrected chi connectivity index (χ2v) is 4.97. The van der Waals surface area contributed by atoms with Crippen LogP contribution < -0.4 is 0 Å². The van der Waals surface area contributed by atoms with Crippen molar-refractivity contribution in [1.29, 1.82) is 0 Å². The molecule has 1 fully saturated rings. The molecule has 19 heavy (non-hydrogen) atoms. The van der Waals surface area contributed by atoms with Crippen LogP contribution in [0, 0.1) is 0 Å². The highest BCUT2D eigenvalue weighted by Gasteiger charge is 2.17. The lowest BCUT2D eigenvalue weighted by Crippen LogP contribution is -2.38. The van der Waals surface area contributed by atoms with E-state index in [-0.39, 0.29) is 6.10 Å². The molecule has 5 nitrogen and oxygen atoms in total. The van der Waals surface area contributed by atoms with E-state index in [0.29, 0.717) is 19.8 Å². The minimum absolute atomic E-state index is 0.170. The van der Waals surface area contributed by atoms with Crippen molar-refractivity contribution >= 4 is 11.0 Å². The first-order chi connectivity index (χ1) is 9.31. The van der Waals surface area contributed by atoms with Gasteiger partial charge in [-0.3, -0.25) is 4.90 Å². The van der Waals surface area contributed by atoms with Crippen molar-refractivity contribution in [1.82, 2.24) is 14.9 Å². The van der Waals surface area contributed by atoms with E-state index in [1.54, 1.807) is 0 Å². The van der Waals surface area contributed by atoms with E-state index in [9.17, 15) is 0 Å². The quantitative estimate of drug-likeness (QED) is 0.904. The van der Waals surface area contributed by atoms with Crippen molar-refractivity contribution in [3.05, 3.63) is 30.1 Å². The first-order valence-corrected chi connectivity index (χ1v) is 6.63. The summed E-state index contributed by atoms with van der Waals surface area (Å²) in [5, 5.41) is 0. The maximum atomic E-state index is 5.65. The molecule has 0 saturated carbocycles. The third-order valence-electron chi connectivity index (χ3n) is 3.26. The Morgan fingerprint density at radius 3 is 3.05 bits per heavy atom. The summed E-state index contributed by atoms with van der Waals surface area (Å²) in [5.74, 6) is 0.987. The average Bonchev–Trinajstić information content (AvgIpc) is 2.81. The molecule has 102 valence electrons. The number of aromatic amines is 1. The fraction of sp³-hybridized carbons (Fsp3) is 0.500. The lowest BCUT2D eigenvalue weighted by atomic mass is 10.3. The molecule has 5 heteroatoms. The van der Waals surface area contributed by atoms with Crippen molar-refractivity contribution in [2.75, 3.05) is 33.4 Å². The lowest BCUT2D eigenvalue weighted by Gasteiger charge is -2.26. The van der Waals surface area contributed by atoms with E-state index in [1.807, 2.05) is 24.3 Å². The monoisotopic (exact) mass is 261 g/mol. The molecular formula is C14H19N3O2. The Balaban J connectivity index is 1.60. The highest BCUT2D eigenvalue weighted by Crippen LogP contribution is 2.12. The zero-order valence-electron chi connectivity index (χ0n) is 11.1. The Morgan fingerprint density at radius 2 is 2.26 bits per heavy atom. The number of aromatic nitrogens is 2. The van der Waals surface area contributed by atoms with Gasteiger partial charge in [0.2, 0.25) is 0 Å². The number of likely N-dealkylation sites (N-methyl/N-ethyl adjacent to an activating group) is 1. The lowest BCUT2D eigenvalue weighted by molar-refractivity contribution is -0.0963. The van der Waals surface area contributed by atoms with Crippen molar-refractivity contribution in [3.8, 4) is 0 Å². The second kappa shape index (κ2) is 5.69. The van der Waals surface area contributed by atoms with Gasteiger partial charge in [0.05, 0.1) is 43.5 Å². The number of rotatable bonds is 4. The molecule has 0 radical (unpaired) electrons. The summed E-state index contributed by atoms with van der Waals surface area (Å²) in [5.41, 5.74) is 2.10. The third kappa shape index (κ3) is 3.12. The molecule has 0 amide bonds. The van der Waals surface area contributed by atoms with E-state index in [0.717, 1.165) is 29.9 Å². The Kier molecular flexibility index (Phi) is 3.77. The molecule has 0 bridgehead atoms. The minimum Gasteiger partial charge on any atom is -0.376 e. The zero-order valence-corrected chi connectivity index (χ0v) is 11.1. The van der Waals surface area contributed by atoms with Gasteiger partial charge in [0.1, 0.15) is 5.82 Å². The van der Waals surface area contributed by atoms with E-state index >= 15 is 0 Å². The number of H-pyrrole nitrogens is 1. The van der Waals surface area contributed by atoms with Gasteiger partial charge in [-0.15, -0.1) is 0 Å². The van der Waals surface area contributed by atoms with E-state index in [1.165, 1.54) is 0 Å². The highest BCUT2D eigenvalue weighted by molar-refractivity contribution is 5.74. The number of ether oxygens (including phenoxy) is 2. The maximum Gasteiger partial charge on any atom is 0.121 e. The Hall–Kier alpha value is -1.43. The standard InChI is InChI=1S/C14H19N3O2/c1-17(8-11-10-18-6-7-19-11)9-14-15-12-4-2-3-5-13(12)16-14/h2-5,11H,6-10H2,1H3,(H,15,16)/t11-/m0/s1. The summed E-state index contributed by atoms with van der Waals surface area (Å²) in [4.78, 5) is 10.1. The van der Waals surface area contributed by atoms with E-state index in [4.69, 9.17) is 9.47 Å². The average molecular weight is 261 g/mol. The molecule has 3 rings (SSSR count). The van der Waals surface area contributed by atoms with Gasteiger partial charge in [-0.05, 0) is 19.2 Å². The van der Waals surface area contributed by atoms with Gasteiger partial charge in [-0.25, -0.2) is 4.98 Å². The highest BCUT2D eigenvalue weighted by atomic mass is 16.6. The molecule has 0 aliphatic carbocycles. The van der Waals surface area contributed by atoms with Crippen LogP contribution in [0.3, 0.4) is 0 Å². The molecule has 0 spiro atoms. The molecule has 1 saturated heterocycles. The smallest absolute Gasteiger partial charge is 0.121 e. The number of nitrogens with one attached hydrogen (secondary N) is 1. The molecule has 0 unspecified atom stereocenters. The van der Waals surface area contributed by atoms with Gasteiger partial charge < -0.3 is 14.5 Å². The van der Waals surface area contributed by atoms with Crippen molar-refractivity contribution in [2.45, 2.75) is 12.6 Å². The van der Waals surface area contributed by atoms with Crippen LogP contribution in [0.2, 0.25) is 0 Å². The number of hydrogen-bond donors (Lipinski definition) is 1. The van der Waals surface area contributed by atoms with E-state index < -0.39 is 0 Å². The van der Waals surface area contributed by atoms with Crippen LogP contribution in [-0.2, 0) is 16.0 Å². The fourth-order valence-corrected chi connectivity index (χ4v) is 2.39. The predicted octanol–water partition coefficient (Wildman–Crippen LogP) is 1.41. The van der Waals surface area contributed by atoms with Crippen LogP contribution in [-0.4, -0.2) is 54.4 Å². The van der Waals surface area contributed by atoms with Gasteiger partial charge in [0, 0.05) is 6.54 Å². The van der Waals surface area contributed by atoms with Gasteiger partial charge >= 0.3 is 0 Å². The van der Waals surface area contributed by atoms with Crippen LogP contribution >= 0.6 is 0 Å². The molecule has 1 aliphatic rings. The first kappa shape index (κ1) is 12.6. The summed E-state index contributed by atoms with van der Waals surface area (Å²) in [6.07, 6.45) is 0.170. The van der Waals surface area contributed by atoms with Crippen LogP contribution in [0.25, 0.3) is 11.0 Å². The Bertz CT molecular complexity index is 501. The molecule has 1 atom stereocenters. The second-order valence-electron chi connectivity index (χ2n) is 4.97. The molecule has 1 aromatic heterocycles. The molecule has 2 heterocycles. The molecule has 1 N–H and O–H groups in total. The van der Waals surface area contributed by atoms with Gasteiger partial charge in [0.25, 0.3) is 0 Å². The molecular weight excluding hydrogens is 242 g/mol. The van der Waals surface area contributed by atoms with Crippen molar-refractivity contribution in [2.24, 2.45) is 0 Å². The topological polar surface area (TPSA) is 50.4 Å². The normalized spacial score (nSPS) is 20.2. The Morgan fingerprint density at radius 1 is 1.37 bits per heavy atom. The number of nitrogens with zero attached hydrogens (tertiary/aromatic N) is 2. The van der Waals surface area contributed by atoms with Gasteiger partial charge in [-0.1, -0.05) is 12.1 Å². The van der Waals surface area contributed by atoms with Crippen LogP contribution in [0.15, 0.2) is 24.3 Å². The van der Waals surface area contributed by atoms with Crippen molar-refractivity contribution in [3.63, 3.8) is 0 Å². The first-order valence-electron chi connectivity index (χ1n) is 6.63. The predicted molar refractivity (Wildman–Crippen MR) is 73.0 cm³/mol. The minimum atomic E-state index is 0.170. The van der Waals surface area contributed by atoms with Crippen LogP contribution in [0.4, 0.5) is 0 Å². The summed E-state index contributed by atoms with van der Waals surface area (Å²) in [6, 6.07) is 8.09. The maximum absolute atomic E-state index is 5.65. The summed E-state index contributed by atoms with van der Waals surface area (Å²) >= 11 is 0. The fourth-order valence-electron chi connectivity index (χ4n) is 2.39. The zero-order chi connectivity index (χ0) is 13.1. The number of fused-ring (bicyclic) bond motifs is 1. The molecule has 1 aliphatic heterocycles. The summed E-state index contributed by atoms with van der Waals surface area (Å²) in [7, 11) is 2.07. The van der Waals surface area contributed by atoms with E-state index in [2.05, 4.69) is 21.9 Å². The largest absolute Gasteiger partial charge is 0.376 e. The van der Waals surface area contributed by atoms with Gasteiger partial charge in [-0.2, -0.15) is 0 Å². The molecule has 2 aromatic rings. The van der Waals surface area contributed by atoms with Crippen LogP contribution in [0.1, 0.15) is 5.82 Å². The van der Waals surface area contributed by atoms with Crippen molar-refractivity contribution < 1.29 is 9.47 Å². The number of benzene rings is 1. The van der Waals surface area contributed by atoms with Gasteiger partial charge in [0.15, 0.2) is 0 Å². The number of imidazole rings is 1. The number of hydrogen-bond acceptors (Lipinski definition) is 4. The Labute approximate surface area is 112 Å². The number of para-hydroxylation sites is 2. The SMILES string of the molecule is CN(Cc1nc2ccccc2[nH]1)C[C@H]1COCCO1. The summed E-state index contributed by atoms with van der Waals surface area (Å²) in [6.45, 7) is 3.74. The van der Waals surface area contributed by atoms with Crippen LogP contribution in [0.5, 0.6) is 0 Å². The molecule has 1 aromatic carbocycles. The third-order valence-corrected chi connectivity index (χ3v) is 3.26.